The zero-order valence-electron chi connectivity index (χ0n) is 10.4. The number of hydrogen-bond donors (Lipinski definition) is 1. The predicted molar refractivity (Wildman–Crippen MR) is 65.3 cm³/mol. The van der Waals surface area contributed by atoms with Crippen molar-refractivity contribution in [3.05, 3.63) is 0 Å². The van der Waals surface area contributed by atoms with E-state index < -0.39 is 0 Å². The van der Waals surface area contributed by atoms with E-state index in [0.717, 1.165) is 18.7 Å². The third-order valence-electron chi connectivity index (χ3n) is 2.42. The van der Waals surface area contributed by atoms with Crippen LogP contribution in [0.5, 0.6) is 0 Å². The molecule has 2 N–H and O–H groups in total. The van der Waals surface area contributed by atoms with Crippen molar-refractivity contribution in [2.75, 3.05) is 0 Å². The minimum Gasteiger partial charge on any atom is -0.410 e. The lowest BCUT2D eigenvalue weighted by molar-refractivity contribution is 0.0813. The molecule has 1 rings (SSSR count). The number of aliphatic imine (C=N–C) groups is 1. The highest BCUT2D eigenvalue weighted by Gasteiger charge is 2.34. The lowest BCUT2D eigenvalue weighted by atomic mass is 9.97. The van der Waals surface area contributed by atoms with Gasteiger partial charge in [0.05, 0.1) is 17.5 Å². The second kappa shape index (κ2) is 4.26. The second-order valence-electron chi connectivity index (χ2n) is 5.73. The molecule has 15 heavy (non-hydrogen) atoms. The molecule has 4 heteroatoms. The van der Waals surface area contributed by atoms with Crippen molar-refractivity contribution in [1.82, 2.24) is 0 Å². The first-order chi connectivity index (χ1) is 6.71. The molecule has 3 nitrogen and oxygen atoms in total. The SMILES string of the molecule is CC(C)(C)[Si]OC(C)(C)[C@@H]1CCC(N)=N1. The average molecular weight is 226 g/mol. The summed E-state index contributed by atoms with van der Waals surface area (Å²) in [5, 5.41) is 0.227. The number of nitrogens with two attached hydrogens (primary N) is 1. The van der Waals surface area contributed by atoms with E-state index in [0.29, 0.717) is 9.76 Å². The van der Waals surface area contributed by atoms with E-state index in [1.54, 1.807) is 0 Å². The van der Waals surface area contributed by atoms with Crippen LogP contribution in [0, 0.1) is 0 Å². The minimum atomic E-state index is -0.188. The summed E-state index contributed by atoms with van der Waals surface area (Å²) < 4.78 is 5.99. The second-order valence-corrected chi connectivity index (χ2v) is 7.64. The third kappa shape index (κ3) is 3.95. The first-order valence-electron chi connectivity index (χ1n) is 5.48. The zero-order chi connectivity index (χ0) is 11.7. The van der Waals surface area contributed by atoms with Crippen LogP contribution in [0.1, 0.15) is 47.5 Å². The van der Waals surface area contributed by atoms with Gasteiger partial charge in [-0.15, -0.1) is 0 Å². The van der Waals surface area contributed by atoms with E-state index in [9.17, 15) is 0 Å². The Morgan fingerprint density at radius 2 is 1.93 bits per heavy atom. The van der Waals surface area contributed by atoms with E-state index in [4.69, 9.17) is 10.2 Å². The highest BCUT2D eigenvalue weighted by atomic mass is 28.2. The molecule has 1 heterocycles. The normalized spacial score (nSPS) is 23.0. The Kier molecular flexibility index (Phi) is 3.61. The maximum Gasteiger partial charge on any atom is 0.236 e. The summed E-state index contributed by atoms with van der Waals surface area (Å²) in [4.78, 5) is 4.43. The monoisotopic (exact) mass is 226 g/mol. The predicted octanol–water partition coefficient (Wildman–Crippen LogP) is 2.14. The van der Waals surface area contributed by atoms with Crippen molar-refractivity contribution < 1.29 is 4.43 Å². The van der Waals surface area contributed by atoms with Crippen LogP contribution in [0.4, 0.5) is 0 Å². The molecule has 1 aliphatic heterocycles. The molecule has 0 amide bonds. The number of nitrogens with zero attached hydrogens (tertiary/aromatic N) is 1. The molecule has 0 fully saturated rings. The fourth-order valence-corrected chi connectivity index (χ4v) is 2.17. The summed E-state index contributed by atoms with van der Waals surface area (Å²) in [5.41, 5.74) is 5.51. The fourth-order valence-electron chi connectivity index (χ4n) is 1.47. The standard InChI is InChI=1S/C11H22N2OSi/c1-10(2,3)15-14-11(4,5)8-6-7-9(12)13-8/h8H,6-7H2,1-5H3,(H2,12,13)/t8-/m0/s1. The Labute approximate surface area is 95.4 Å². The molecular weight excluding hydrogens is 204 g/mol. The van der Waals surface area contributed by atoms with Crippen molar-refractivity contribution in [1.29, 1.82) is 0 Å². The van der Waals surface area contributed by atoms with Crippen molar-refractivity contribution in [2.24, 2.45) is 10.7 Å². The van der Waals surface area contributed by atoms with E-state index in [1.165, 1.54) is 0 Å². The lowest BCUT2D eigenvalue weighted by Crippen LogP contribution is -2.39. The molecule has 0 aliphatic carbocycles. The van der Waals surface area contributed by atoms with Crippen LogP contribution < -0.4 is 5.73 Å². The molecule has 0 saturated heterocycles. The van der Waals surface area contributed by atoms with Gasteiger partial charge in [0.2, 0.25) is 9.76 Å². The Morgan fingerprint density at radius 1 is 1.33 bits per heavy atom. The van der Waals surface area contributed by atoms with Gasteiger partial charge in [0.1, 0.15) is 0 Å². The number of hydrogen-bond acceptors (Lipinski definition) is 3. The van der Waals surface area contributed by atoms with Gasteiger partial charge >= 0.3 is 0 Å². The summed E-state index contributed by atoms with van der Waals surface area (Å²) >= 11 is 0. The van der Waals surface area contributed by atoms with Crippen LogP contribution in [0.25, 0.3) is 0 Å². The first-order valence-corrected chi connectivity index (χ1v) is 6.39. The molecule has 2 radical (unpaired) electrons. The largest absolute Gasteiger partial charge is 0.410 e. The number of amidine groups is 1. The fraction of sp³-hybridized carbons (Fsp3) is 0.909. The van der Waals surface area contributed by atoms with Gasteiger partial charge in [-0.3, -0.25) is 4.99 Å². The summed E-state index contributed by atoms with van der Waals surface area (Å²) in [6, 6.07) is 0.229. The van der Waals surface area contributed by atoms with Crippen molar-refractivity contribution in [2.45, 2.75) is 64.1 Å². The molecule has 0 aromatic carbocycles. The Balaban J connectivity index is 2.52. The van der Waals surface area contributed by atoms with E-state index >= 15 is 0 Å². The van der Waals surface area contributed by atoms with Gasteiger partial charge in [-0.1, -0.05) is 20.8 Å². The molecule has 86 valence electrons. The summed E-state index contributed by atoms with van der Waals surface area (Å²) in [6.07, 6.45) is 1.93. The van der Waals surface area contributed by atoms with Gasteiger partial charge in [-0.2, -0.15) is 0 Å². The van der Waals surface area contributed by atoms with Gasteiger partial charge in [0, 0.05) is 6.42 Å². The molecular formula is C11H22N2OSi. The van der Waals surface area contributed by atoms with Crippen molar-refractivity contribution in [3.8, 4) is 0 Å². The summed E-state index contributed by atoms with van der Waals surface area (Å²) in [7, 11) is 0.502. The molecule has 0 spiro atoms. The molecule has 0 aromatic rings. The smallest absolute Gasteiger partial charge is 0.236 e. The first kappa shape index (κ1) is 12.7. The molecule has 1 atom stereocenters. The maximum absolute atomic E-state index is 5.99. The molecule has 0 bridgehead atoms. The topological polar surface area (TPSA) is 47.6 Å². The van der Waals surface area contributed by atoms with Gasteiger partial charge in [-0.25, -0.2) is 0 Å². The lowest BCUT2D eigenvalue weighted by Gasteiger charge is -2.32. The van der Waals surface area contributed by atoms with Crippen LogP contribution in [-0.2, 0) is 4.43 Å². The summed E-state index contributed by atoms with van der Waals surface area (Å²) in [6.45, 7) is 10.8. The van der Waals surface area contributed by atoms with Gasteiger partial charge in [0.15, 0.2) is 0 Å². The van der Waals surface area contributed by atoms with Crippen LogP contribution >= 0.6 is 0 Å². The maximum atomic E-state index is 5.99. The average Bonchev–Trinajstić information content (AvgIpc) is 2.48. The molecule has 0 unspecified atom stereocenters. The molecule has 0 saturated carbocycles. The quantitative estimate of drug-likeness (QED) is 0.750. The van der Waals surface area contributed by atoms with Crippen molar-refractivity contribution >= 4 is 15.6 Å². The third-order valence-corrected chi connectivity index (χ3v) is 3.66. The Hall–Kier alpha value is -0.353. The number of rotatable bonds is 3. The summed E-state index contributed by atoms with van der Waals surface area (Å²) in [5.74, 6) is 0.774. The highest BCUT2D eigenvalue weighted by molar-refractivity contribution is 6.31. The Morgan fingerprint density at radius 3 is 2.33 bits per heavy atom. The van der Waals surface area contributed by atoms with E-state index in [2.05, 4.69) is 39.6 Å². The van der Waals surface area contributed by atoms with Gasteiger partial charge in [0.25, 0.3) is 0 Å². The van der Waals surface area contributed by atoms with Crippen molar-refractivity contribution in [3.63, 3.8) is 0 Å². The van der Waals surface area contributed by atoms with E-state index in [-0.39, 0.29) is 16.7 Å². The van der Waals surface area contributed by atoms with Crippen LogP contribution in [0.3, 0.4) is 0 Å². The zero-order valence-corrected chi connectivity index (χ0v) is 11.4. The van der Waals surface area contributed by atoms with Crippen LogP contribution in [-0.4, -0.2) is 27.2 Å². The van der Waals surface area contributed by atoms with E-state index in [1.807, 2.05) is 0 Å². The van der Waals surface area contributed by atoms with Crippen LogP contribution in [0.15, 0.2) is 4.99 Å². The molecule has 0 aromatic heterocycles. The highest BCUT2D eigenvalue weighted by Crippen LogP contribution is 2.29. The van der Waals surface area contributed by atoms with Crippen LogP contribution in [0.2, 0.25) is 5.04 Å². The molecule has 1 aliphatic rings. The minimum absolute atomic E-state index is 0.188. The van der Waals surface area contributed by atoms with Gasteiger partial charge < -0.3 is 10.2 Å². The van der Waals surface area contributed by atoms with Gasteiger partial charge in [-0.05, 0) is 25.3 Å². The Bertz CT molecular complexity index is 256.